The molecule has 0 amide bonds. The molecule has 0 spiro atoms. The van der Waals surface area contributed by atoms with Gasteiger partial charge in [-0.2, -0.15) is 0 Å². The molecule has 2 nitrogen and oxygen atoms in total. The quantitative estimate of drug-likeness (QED) is 0.224. The normalized spacial score (nSPS) is 13.2. The van der Waals surface area contributed by atoms with Crippen LogP contribution < -0.4 is 9.47 Å². The Morgan fingerprint density at radius 1 is 0.553 bits per heavy atom. The van der Waals surface area contributed by atoms with E-state index < -0.39 is 5.41 Å². The molecule has 1 aliphatic carbocycles. The molecule has 0 radical (unpaired) electrons. The molecule has 0 saturated heterocycles. The van der Waals surface area contributed by atoms with Crippen LogP contribution in [0.5, 0.6) is 11.5 Å². The molecule has 0 N–H and O–H groups in total. The summed E-state index contributed by atoms with van der Waals surface area (Å²) in [6.07, 6.45) is 1.46. The lowest BCUT2D eigenvalue weighted by atomic mass is 9.67. The van der Waals surface area contributed by atoms with Gasteiger partial charge in [0, 0.05) is 0 Å². The predicted molar refractivity (Wildman–Crippen MR) is 156 cm³/mol. The molecule has 0 bridgehead atoms. The number of rotatable bonds is 5. The Labute approximate surface area is 222 Å². The Hall–Kier alpha value is -4.82. The van der Waals surface area contributed by atoms with E-state index in [0.29, 0.717) is 0 Å². The highest BCUT2D eigenvalue weighted by molar-refractivity contribution is 5.92. The molecule has 0 atom stereocenters. The number of fused-ring (bicyclic) bond motifs is 5. The monoisotopic (exact) mass is 490 g/mol. The summed E-state index contributed by atoms with van der Waals surface area (Å²) in [5.41, 5.74) is 7.22. The van der Waals surface area contributed by atoms with E-state index in [1.807, 2.05) is 12.1 Å². The van der Waals surface area contributed by atoms with Crippen LogP contribution in [0, 0.1) is 0 Å². The second kappa shape index (κ2) is 8.64. The third-order valence-electron chi connectivity index (χ3n) is 7.90. The molecule has 0 saturated carbocycles. The van der Waals surface area contributed by atoms with Crippen LogP contribution in [0.25, 0.3) is 32.7 Å². The van der Waals surface area contributed by atoms with E-state index in [4.69, 9.17) is 9.47 Å². The summed E-state index contributed by atoms with van der Waals surface area (Å²) >= 11 is 0. The van der Waals surface area contributed by atoms with Gasteiger partial charge >= 0.3 is 0 Å². The van der Waals surface area contributed by atoms with Gasteiger partial charge in [-0.25, -0.2) is 0 Å². The van der Waals surface area contributed by atoms with Gasteiger partial charge < -0.3 is 9.47 Å². The number of ether oxygens (including phenoxy) is 2. The van der Waals surface area contributed by atoms with Crippen molar-refractivity contribution in [2.45, 2.75) is 5.41 Å². The zero-order valence-corrected chi connectivity index (χ0v) is 21.1. The molecular weight excluding hydrogens is 464 g/mol. The van der Waals surface area contributed by atoms with E-state index in [1.165, 1.54) is 50.4 Å². The Bertz CT molecular complexity index is 1820. The standard InChI is InChI=1S/C36H26O2/c1-3-38-31-19-15-25-21-29(17-13-27(25)23-31)36(28-16-12-26-22-30(37-2)18-14-24(26)20-28)34-10-6-4-8-32(34)33-9-5-7-11-35(33)36/h3-23H,1H2,2H3. The highest BCUT2D eigenvalue weighted by atomic mass is 16.5. The van der Waals surface area contributed by atoms with E-state index in [0.717, 1.165) is 22.3 Å². The molecule has 0 aliphatic heterocycles. The minimum atomic E-state index is -0.453. The van der Waals surface area contributed by atoms with Gasteiger partial charge in [-0.1, -0.05) is 91.5 Å². The molecule has 182 valence electrons. The minimum absolute atomic E-state index is 0.453. The number of benzene rings is 6. The van der Waals surface area contributed by atoms with Crippen LogP contribution in [0.1, 0.15) is 22.3 Å². The molecule has 38 heavy (non-hydrogen) atoms. The van der Waals surface area contributed by atoms with Crippen LogP contribution in [0.4, 0.5) is 0 Å². The molecular formula is C36H26O2. The van der Waals surface area contributed by atoms with Crippen molar-refractivity contribution >= 4 is 21.5 Å². The summed E-state index contributed by atoms with van der Waals surface area (Å²) in [5, 5.41) is 4.66. The smallest absolute Gasteiger partial charge is 0.127 e. The summed E-state index contributed by atoms with van der Waals surface area (Å²) in [5.74, 6) is 1.65. The molecule has 2 heteroatoms. The van der Waals surface area contributed by atoms with Crippen LogP contribution in [0.3, 0.4) is 0 Å². The van der Waals surface area contributed by atoms with Gasteiger partial charge in [-0.05, 0) is 91.3 Å². The van der Waals surface area contributed by atoms with Gasteiger partial charge in [0.25, 0.3) is 0 Å². The molecule has 6 aromatic rings. The zero-order valence-electron chi connectivity index (χ0n) is 21.1. The summed E-state index contributed by atoms with van der Waals surface area (Å²) in [6, 6.07) is 43.8. The summed E-state index contributed by atoms with van der Waals surface area (Å²) in [7, 11) is 1.71. The SMILES string of the molecule is C=COc1ccc2cc(C3(c4ccc5cc(OC)ccc5c4)c4ccccc4-c4ccccc43)ccc2c1. The summed E-state index contributed by atoms with van der Waals surface area (Å²) < 4.78 is 11.0. The maximum Gasteiger partial charge on any atom is 0.127 e. The molecule has 6 aromatic carbocycles. The van der Waals surface area contributed by atoms with Gasteiger partial charge in [-0.3, -0.25) is 0 Å². The van der Waals surface area contributed by atoms with E-state index >= 15 is 0 Å². The molecule has 7 rings (SSSR count). The van der Waals surface area contributed by atoms with Crippen LogP contribution in [-0.4, -0.2) is 7.11 Å². The van der Waals surface area contributed by atoms with Crippen LogP contribution in [0.2, 0.25) is 0 Å². The first-order valence-corrected chi connectivity index (χ1v) is 12.8. The Balaban J connectivity index is 1.55. The van der Waals surface area contributed by atoms with Crippen LogP contribution >= 0.6 is 0 Å². The molecule has 0 heterocycles. The highest BCUT2D eigenvalue weighted by Gasteiger charge is 2.46. The zero-order chi connectivity index (χ0) is 25.7. The Morgan fingerprint density at radius 2 is 1.03 bits per heavy atom. The molecule has 1 aliphatic rings. The lowest BCUT2D eigenvalue weighted by molar-refractivity contribution is 0.415. The maximum atomic E-state index is 5.54. The largest absolute Gasteiger partial charge is 0.497 e. The molecule has 0 fully saturated rings. The third kappa shape index (κ3) is 3.20. The first-order chi connectivity index (χ1) is 18.7. The number of hydrogen-bond donors (Lipinski definition) is 0. The fraction of sp³-hybridized carbons (Fsp3) is 0.0556. The second-order valence-corrected chi connectivity index (χ2v) is 9.78. The fourth-order valence-corrected chi connectivity index (χ4v) is 6.23. The maximum absolute atomic E-state index is 5.54. The van der Waals surface area contributed by atoms with E-state index in [2.05, 4.69) is 116 Å². The van der Waals surface area contributed by atoms with E-state index in [-0.39, 0.29) is 0 Å². The first kappa shape index (κ1) is 22.4. The lowest BCUT2D eigenvalue weighted by Gasteiger charge is -2.34. The van der Waals surface area contributed by atoms with Gasteiger partial charge in [0.05, 0.1) is 18.8 Å². The van der Waals surface area contributed by atoms with Crippen molar-refractivity contribution in [1.82, 2.24) is 0 Å². The Morgan fingerprint density at radius 3 is 1.58 bits per heavy atom. The Kier molecular flexibility index (Phi) is 5.09. The van der Waals surface area contributed by atoms with Crippen molar-refractivity contribution in [3.05, 3.63) is 156 Å². The number of hydrogen-bond acceptors (Lipinski definition) is 2. The second-order valence-electron chi connectivity index (χ2n) is 9.78. The topological polar surface area (TPSA) is 18.5 Å². The van der Waals surface area contributed by atoms with Crippen molar-refractivity contribution in [1.29, 1.82) is 0 Å². The predicted octanol–water partition coefficient (Wildman–Crippen LogP) is 8.89. The fourth-order valence-electron chi connectivity index (χ4n) is 6.23. The van der Waals surface area contributed by atoms with Crippen molar-refractivity contribution in [3.63, 3.8) is 0 Å². The van der Waals surface area contributed by atoms with Crippen molar-refractivity contribution in [2.24, 2.45) is 0 Å². The lowest BCUT2D eigenvalue weighted by Crippen LogP contribution is -2.28. The number of methoxy groups -OCH3 is 1. The highest BCUT2D eigenvalue weighted by Crippen LogP contribution is 2.56. The van der Waals surface area contributed by atoms with Crippen molar-refractivity contribution in [2.75, 3.05) is 7.11 Å². The van der Waals surface area contributed by atoms with Gasteiger partial charge in [0.2, 0.25) is 0 Å². The van der Waals surface area contributed by atoms with Crippen molar-refractivity contribution in [3.8, 4) is 22.6 Å². The van der Waals surface area contributed by atoms with Gasteiger partial charge in [0.1, 0.15) is 11.5 Å². The van der Waals surface area contributed by atoms with E-state index in [1.54, 1.807) is 7.11 Å². The molecule has 0 unspecified atom stereocenters. The average Bonchev–Trinajstić information content (AvgIpc) is 3.28. The van der Waals surface area contributed by atoms with E-state index in [9.17, 15) is 0 Å². The van der Waals surface area contributed by atoms with Gasteiger partial charge in [0.15, 0.2) is 0 Å². The first-order valence-electron chi connectivity index (χ1n) is 12.8. The molecule has 0 aromatic heterocycles. The van der Waals surface area contributed by atoms with Crippen molar-refractivity contribution < 1.29 is 9.47 Å². The average molecular weight is 491 g/mol. The minimum Gasteiger partial charge on any atom is -0.497 e. The van der Waals surface area contributed by atoms with Crippen LogP contribution in [0.15, 0.2) is 134 Å². The van der Waals surface area contributed by atoms with Gasteiger partial charge in [-0.15, -0.1) is 0 Å². The third-order valence-corrected chi connectivity index (χ3v) is 7.90. The summed E-state index contributed by atoms with van der Waals surface area (Å²) in [6.45, 7) is 3.69. The van der Waals surface area contributed by atoms with Crippen LogP contribution in [-0.2, 0) is 5.41 Å². The summed E-state index contributed by atoms with van der Waals surface area (Å²) in [4.78, 5) is 0.